The molecule has 0 heterocycles. The molecule has 0 saturated carbocycles. The molecule has 3 N–H and O–H groups in total. The highest BCUT2D eigenvalue weighted by Crippen LogP contribution is 2.02. The number of guanidine groups is 1. The lowest BCUT2D eigenvalue weighted by Gasteiger charge is -2.12. The molecule has 140 valence electrons. The van der Waals surface area contributed by atoms with Gasteiger partial charge in [0.1, 0.15) is 5.82 Å². The molecule has 0 aliphatic heterocycles. The molecule has 2 aromatic carbocycles. The highest BCUT2D eigenvalue weighted by Gasteiger charge is 2.10. The van der Waals surface area contributed by atoms with Gasteiger partial charge in [0.2, 0.25) is 10.0 Å². The van der Waals surface area contributed by atoms with Gasteiger partial charge in [-0.2, -0.15) is 0 Å². The zero-order chi connectivity index (χ0) is 18.8. The second-order valence-electron chi connectivity index (χ2n) is 5.60. The van der Waals surface area contributed by atoms with E-state index in [1.54, 1.807) is 19.2 Å². The summed E-state index contributed by atoms with van der Waals surface area (Å²) >= 11 is 0. The zero-order valence-corrected chi connectivity index (χ0v) is 15.4. The Morgan fingerprint density at radius 2 is 1.62 bits per heavy atom. The van der Waals surface area contributed by atoms with E-state index in [4.69, 9.17) is 0 Å². The predicted octanol–water partition coefficient (Wildman–Crippen LogP) is 1.61. The van der Waals surface area contributed by atoms with Crippen molar-refractivity contribution in [2.45, 2.75) is 13.1 Å². The van der Waals surface area contributed by atoms with Gasteiger partial charge in [-0.1, -0.05) is 42.5 Å². The summed E-state index contributed by atoms with van der Waals surface area (Å²) in [5.74, 6) is 0.119. The molecule has 0 unspecified atom stereocenters. The largest absolute Gasteiger partial charge is 0.355 e. The third-order valence-electron chi connectivity index (χ3n) is 3.60. The summed E-state index contributed by atoms with van der Waals surface area (Å²) in [6.07, 6.45) is 0. The fraction of sp³-hybridized carbons (Fsp3) is 0.278. The van der Waals surface area contributed by atoms with Gasteiger partial charge in [0.15, 0.2) is 5.96 Å². The first-order chi connectivity index (χ1) is 12.5. The molecule has 26 heavy (non-hydrogen) atoms. The minimum Gasteiger partial charge on any atom is -0.355 e. The van der Waals surface area contributed by atoms with Crippen molar-refractivity contribution in [2.75, 3.05) is 19.3 Å². The average molecular weight is 378 g/mol. The third-order valence-corrected chi connectivity index (χ3v) is 4.92. The lowest BCUT2D eigenvalue weighted by atomic mass is 10.2. The van der Waals surface area contributed by atoms with Gasteiger partial charge < -0.3 is 10.6 Å². The summed E-state index contributed by atoms with van der Waals surface area (Å²) in [6.45, 7) is 0.937. The van der Waals surface area contributed by atoms with Crippen molar-refractivity contribution in [3.63, 3.8) is 0 Å². The van der Waals surface area contributed by atoms with Crippen LogP contribution in [0.3, 0.4) is 0 Å². The number of nitrogens with zero attached hydrogens (tertiary/aromatic N) is 1. The SMILES string of the molecule is CN=C(NCCS(=O)(=O)NCc1ccccc1)NCc1ccc(F)cc1. The molecule has 0 bridgehead atoms. The number of hydrogen-bond donors (Lipinski definition) is 3. The summed E-state index contributed by atoms with van der Waals surface area (Å²) < 4.78 is 39.5. The highest BCUT2D eigenvalue weighted by atomic mass is 32.2. The van der Waals surface area contributed by atoms with Gasteiger partial charge in [-0.3, -0.25) is 4.99 Å². The first-order valence-corrected chi connectivity index (χ1v) is 9.84. The van der Waals surface area contributed by atoms with Crippen molar-refractivity contribution < 1.29 is 12.8 Å². The van der Waals surface area contributed by atoms with Gasteiger partial charge in [-0.25, -0.2) is 17.5 Å². The molecule has 0 aliphatic carbocycles. The van der Waals surface area contributed by atoms with Gasteiger partial charge in [-0.15, -0.1) is 0 Å². The molecule has 8 heteroatoms. The van der Waals surface area contributed by atoms with Crippen molar-refractivity contribution in [1.82, 2.24) is 15.4 Å². The number of benzene rings is 2. The van der Waals surface area contributed by atoms with Crippen molar-refractivity contribution in [2.24, 2.45) is 4.99 Å². The van der Waals surface area contributed by atoms with Crippen LogP contribution in [0.25, 0.3) is 0 Å². The van der Waals surface area contributed by atoms with Crippen LogP contribution in [-0.2, 0) is 23.1 Å². The number of rotatable bonds is 8. The minimum atomic E-state index is -3.39. The fourth-order valence-electron chi connectivity index (χ4n) is 2.17. The molecule has 0 amide bonds. The first-order valence-electron chi connectivity index (χ1n) is 8.19. The second kappa shape index (κ2) is 9.88. The van der Waals surface area contributed by atoms with Crippen molar-refractivity contribution >= 4 is 16.0 Å². The molecule has 6 nitrogen and oxygen atoms in total. The van der Waals surface area contributed by atoms with E-state index < -0.39 is 10.0 Å². The Bertz CT molecular complexity index is 809. The van der Waals surface area contributed by atoms with Crippen LogP contribution in [0.2, 0.25) is 0 Å². The summed E-state index contributed by atoms with van der Waals surface area (Å²) in [6, 6.07) is 15.5. The number of halogens is 1. The van der Waals surface area contributed by atoms with E-state index in [9.17, 15) is 12.8 Å². The maximum Gasteiger partial charge on any atom is 0.213 e. The third kappa shape index (κ3) is 7.20. The van der Waals surface area contributed by atoms with Gasteiger partial charge in [0.25, 0.3) is 0 Å². The normalized spacial score (nSPS) is 12.0. The van der Waals surface area contributed by atoms with Crippen molar-refractivity contribution in [3.8, 4) is 0 Å². The zero-order valence-electron chi connectivity index (χ0n) is 14.6. The Morgan fingerprint density at radius 3 is 2.27 bits per heavy atom. The first kappa shape index (κ1) is 19.9. The van der Waals surface area contributed by atoms with Crippen LogP contribution in [0.15, 0.2) is 59.6 Å². The number of sulfonamides is 1. The lowest BCUT2D eigenvalue weighted by Crippen LogP contribution is -2.40. The Hall–Kier alpha value is -2.45. The molecule has 0 aromatic heterocycles. The molecule has 0 saturated heterocycles. The Balaban J connectivity index is 1.72. The Kier molecular flexibility index (Phi) is 7.55. The molecule has 0 atom stereocenters. The summed E-state index contributed by atoms with van der Waals surface area (Å²) in [7, 11) is -1.79. The maximum atomic E-state index is 12.9. The molecule has 0 fully saturated rings. The monoisotopic (exact) mass is 378 g/mol. The lowest BCUT2D eigenvalue weighted by molar-refractivity contribution is 0.580. The van der Waals surface area contributed by atoms with Crippen LogP contribution < -0.4 is 15.4 Å². The average Bonchev–Trinajstić information content (AvgIpc) is 2.65. The topological polar surface area (TPSA) is 82.6 Å². The standard InChI is InChI=1S/C18H23FN4O2S/c1-20-18(22-13-16-7-9-17(19)10-8-16)21-11-12-26(24,25)23-14-15-5-3-2-4-6-15/h2-10,23H,11-14H2,1H3,(H2,20,21,22). The molecule has 2 rings (SSSR count). The summed E-state index contributed by atoms with van der Waals surface area (Å²) in [5, 5.41) is 6.00. The fourth-order valence-corrected chi connectivity index (χ4v) is 3.08. The summed E-state index contributed by atoms with van der Waals surface area (Å²) in [5.41, 5.74) is 1.80. The number of nitrogens with one attached hydrogen (secondary N) is 3. The van der Waals surface area contributed by atoms with Crippen molar-refractivity contribution in [1.29, 1.82) is 0 Å². The van der Waals surface area contributed by atoms with E-state index >= 15 is 0 Å². The molecular formula is C18H23FN4O2S. The van der Waals surface area contributed by atoms with E-state index in [1.165, 1.54) is 12.1 Å². The van der Waals surface area contributed by atoms with E-state index in [1.807, 2.05) is 30.3 Å². The molecule has 2 aromatic rings. The van der Waals surface area contributed by atoms with E-state index in [2.05, 4.69) is 20.3 Å². The van der Waals surface area contributed by atoms with E-state index in [-0.39, 0.29) is 24.7 Å². The van der Waals surface area contributed by atoms with Gasteiger partial charge in [0.05, 0.1) is 5.75 Å². The van der Waals surface area contributed by atoms with Crippen LogP contribution >= 0.6 is 0 Å². The second-order valence-corrected chi connectivity index (χ2v) is 7.53. The van der Waals surface area contributed by atoms with Crippen LogP contribution in [0, 0.1) is 5.82 Å². The molecule has 0 aliphatic rings. The van der Waals surface area contributed by atoms with Gasteiger partial charge in [0, 0.05) is 26.7 Å². The summed E-state index contributed by atoms with van der Waals surface area (Å²) in [4.78, 5) is 4.04. The van der Waals surface area contributed by atoms with Gasteiger partial charge in [-0.05, 0) is 23.3 Å². The van der Waals surface area contributed by atoms with Gasteiger partial charge >= 0.3 is 0 Å². The smallest absolute Gasteiger partial charge is 0.213 e. The predicted molar refractivity (Wildman–Crippen MR) is 102 cm³/mol. The van der Waals surface area contributed by atoms with Crippen molar-refractivity contribution in [3.05, 3.63) is 71.5 Å². The Labute approximate surface area is 153 Å². The maximum absolute atomic E-state index is 12.9. The minimum absolute atomic E-state index is 0.0723. The highest BCUT2D eigenvalue weighted by molar-refractivity contribution is 7.89. The Morgan fingerprint density at radius 1 is 0.962 bits per heavy atom. The molecular weight excluding hydrogens is 355 g/mol. The van der Waals surface area contributed by atoms with Crippen LogP contribution in [-0.4, -0.2) is 33.7 Å². The van der Waals surface area contributed by atoms with Crippen LogP contribution in [0.4, 0.5) is 4.39 Å². The quantitative estimate of drug-likeness (QED) is 0.481. The van der Waals surface area contributed by atoms with E-state index in [0.29, 0.717) is 12.5 Å². The number of hydrogen-bond acceptors (Lipinski definition) is 3. The van der Waals surface area contributed by atoms with E-state index in [0.717, 1.165) is 11.1 Å². The van der Waals surface area contributed by atoms with Crippen LogP contribution in [0.5, 0.6) is 0 Å². The molecule has 0 radical (unpaired) electrons. The van der Waals surface area contributed by atoms with Crippen LogP contribution in [0.1, 0.15) is 11.1 Å². The number of aliphatic imine (C=N–C) groups is 1. The molecule has 0 spiro atoms.